The van der Waals surface area contributed by atoms with Crippen LogP contribution in [0.4, 0.5) is 0 Å². The lowest BCUT2D eigenvalue weighted by Crippen LogP contribution is -2.41. The van der Waals surface area contributed by atoms with Gasteiger partial charge in [0.05, 0.1) is 0 Å². The standard InChI is InChI=1S/C12H24N2O/c1-9-4-6-11(7-5-9)14(3)12(15)8-10(2)13/h9-11H,4-8,13H2,1-3H3. The molecule has 1 aliphatic rings. The highest BCUT2D eigenvalue weighted by molar-refractivity contribution is 5.76. The Bertz CT molecular complexity index is 208. The van der Waals surface area contributed by atoms with Gasteiger partial charge in [-0.15, -0.1) is 0 Å². The van der Waals surface area contributed by atoms with Crippen LogP contribution in [0.15, 0.2) is 0 Å². The molecule has 1 atom stereocenters. The van der Waals surface area contributed by atoms with E-state index < -0.39 is 0 Å². The molecule has 0 bridgehead atoms. The first kappa shape index (κ1) is 12.5. The number of hydrogen-bond donors (Lipinski definition) is 1. The Balaban J connectivity index is 2.39. The average molecular weight is 212 g/mol. The molecule has 2 N–H and O–H groups in total. The van der Waals surface area contributed by atoms with Gasteiger partial charge in [-0.25, -0.2) is 0 Å². The minimum absolute atomic E-state index is 0.0255. The highest BCUT2D eigenvalue weighted by Crippen LogP contribution is 2.26. The summed E-state index contributed by atoms with van der Waals surface area (Å²) in [4.78, 5) is 13.7. The smallest absolute Gasteiger partial charge is 0.224 e. The van der Waals surface area contributed by atoms with Crippen LogP contribution in [0.2, 0.25) is 0 Å². The maximum Gasteiger partial charge on any atom is 0.224 e. The van der Waals surface area contributed by atoms with E-state index in [9.17, 15) is 4.79 Å². The molecule has 3 heteroatoms. The molecule has 1 fully saturated rings. The predicted molar refractivity (Wildman–Crippen MR) is 62.5 cm³/mol. The SMILES string of the molecule is CC(N)CC(=O)N(C)C1CCC(C)CC1. The summed E-state index contributed by atoms with van der Waals surface area (Å²) < 4.78 is 0. The molecule has 1 amide bonds. The largest absolute Gasteiger partial charge is 0.343 e. The molecule has 0 heterocycles. The van der Waals surface area contributed by atoms with Crippen LogP contribution in [0.5, 0.6) is 0 Å². The summed E-state index contributed by atoms with van der Waals surface area (Å²) in [6.45, 7) is 4.18. The van der Waals surface area contributed by atoms with Crippen molar-refractivity contribution in [2.75, 3.05) is 7.05 Å². The number of rotatable bonds is 3. The van der Waals surface area contributed by atoms with Crippen molar-refractivity contribution >= 4 is 5.91 Å². The lowest BCUT2D eigenvalue weighted by atomic mass is 9.86. The molecule has 0 aromatic carbocycles. The molecule has 0 aromatic rings. The number of nitrogens with two attached hydrogens (primary N) is 1. The van der Waals surface area contributed by atoms with E-state index in [0.717, 1.165) is 18.8 Å². The fourth-order valence-corrected chi connectivity index (χ4v) is 2.25. The number of carbonyl (C=O) groups is 1. The van der Waals surface area contributed by atoms with Gasteiger partial charge in [-0.3, -0.25) is 4.79 Å². The molecule has 1 aliphatic carbocycles. The molecular weight excluding hydrogens is 188 g/mol. The highest BCUT2D eigenvalue weighted by Gasteiger charge is 2.24. The molecule has 1 unspecified atom stereocenters. The molecule has 0 radical (unpaired) electrons. The monoisotopic (exact) mass is 212 g/mol. The first-order valence-electron chi connectivity index (χ1n) is 6.02. The molecule has 0 aromatic heterocycles. The zero-order valence-corrected chi connectivity index (χ0v) is 10.2. The summed E-state index contributed by atoms with van der Waals surface area (Å²) in [5.74, 6) is 1.03. The van der Waals surface area contributed by atoms with Crippen LogP contribution < -0.4 is 5.73 Å². The van der Waals surface area contributed by atoms with Crippen molar-refractivity contribution < 1.29 is 4.79 Å². The highest BCUT2D eigenvalue weighted by atomic mass is 16.2. The third kappa shape index (κ3) is 3.82. The minimum atomic E-state index is -0.0255. The summed E-state index contributed by atoms with van der Waals surface area (Å²) in [6.07, 6.45) is 5.29. The Kier molecular flexibility index (Phi) is 4.58. The van der Waals surface area contributed by atoms with Crippen LogP contribution in [0.25, 0.3) is 0 Å². The van der Waals surface area contributed by atoms with E-state index in [1.54, 1.807) is 0 Å². The Morgan fingerprint density at radius 1 is 1.40 bits per heavy atom. The van der Waals surface area contributed by atoms with Crippen molar-refractivity contribution in [2.24, 2.45) is 11.7 Å². The van der Waals surface area contributed by atoms with Gasteiger partial charge in [0.2, 0.25) is 5.91 Å². The molecule has 15 heavy (non-hydrogen) atoms. The third-order valence-corrected chi connectivity index (χ3v) is 3.42. The number of amides is 1. The van der Waals surface area contributed by atoms with Gasteiger partial charge in [0, 0.05) is 25.6 Å². The third-order valence-electron chi connectivity index (χ3n) is 3.42. The van der Waals surface area contributed by atoms with Crippen molar-refractivity contribution in [1.29, 1.82) is 0 Å². The van der Waals surface area contributed by atoms with Gasteiger partial charge in [0.1, 0.15) is 0 Å². The molecule has 0 aliphatic heterocycles. The van der Waals surface area contributed by atoms with Gasteiger partial charge in [-0.2, -0.15) is 0 Å². The fraction of sp³-hybridized carbons (Fsp3) is 0.917. The molecule has 1 saturated carbocycles. The van der Waals surface area contributed by atoms with Crippen LogP contribution in [-0.2, 0) is 4.79 Å². The van der Waals surface area contributed by atoms with E-state index in [1.165, 1.54) is 12.8 Å². The summed E-state index contributed by atoms with van der Waals surface area (Å²) >= 11 is 0. The Morgan fingerprint density at radius 2 is 1.93 bits per heavy atom. The average Bonchev–Trinajstić information content (AvgIpc) is 2.17. The molecule has 0 spiro atoms. The van der Waals surface area contributed by atoms with E-state index in [4.69, 9.17) is 5.73 Å². The molecule has 3 nitrogen and oxygen atoms in total. The maximum atomic E-state index is 11.8. The summed E-state index contributed by atoms with van der Waals surface area (Å²) in [6, 6.07) is 0.426. The summed E-state index contributed by atoms with van der Waals surface area (Å²) in [5, 5.41) is 0. The number of hydrogen-bond acceptors (Lipinski definition) is 2. The first-order valence-corrected chi connectivity index (χ1v) is 6.02. The Morgan fingerprint density at radius 3 is 2.40 bits per heavy atom. The van der Waals surface area contributed by atoms with Crippen molar-refractivity contribution in [3.8, 4) is 0 Å². The second-order valence-corrected chi connectivity index (χ2v) is 5.10. The van der Waals surface area contributed by atoms with Crippen LogP contribution in [0.1, 0.15) is 46.0 Å². The minimum Gasteiger partial charge on any atom is -0.343 e. The van der Waals surface area contributed by atoms with Crippen molar-refractivity contribution in [2.45, 2.75) is 58.0 Å². The van der Waals surface area contributed by atoms with Crippen LogP contribution in [-0.4, -0.2) is 29.9 Å². The molecule has 88 valence electrons. The van der Waals surface area contributed by atoms with E-state index in [2.05, 4.69) is 6.92 Å². The number of nitrogens with zero attached hydrogens (tertiary/aromatic N) is 1. The second kappa shape index (κ2) is 5.50. The van der Waals surface area contributed by atoms with E-state index in [0.29, 0.717) is 12.5 Å². The van der Waals surface area contributed by atoms with Crippen molar-refractivity contribution in [3.05, 3.63) is 0 Å². The van der Waals surface area contributed by atoms with Crippen molar-refractivity contribution in [1.82, 2.24) is 4.90 Å². The van der Waals surface area contributed by atoms with Crippen molar-refractivity contribution in [3.63, 3.8) is 0 Å². The summed E-state index contributed by atoms with van der Waals surface area (Å²) in [5.41, 5.74) is 5.64. The molecule has 1 rings (SSSR count). The summed E-state index contributed by atoms with van der Waals surface area (Å²) in [7, 11) is 1.92. The van der Waals surface area contributed by atoms with E-state index >= 15 is 0 Å². The fourth-order valence-electron chi connectivity index (χ4n) is 2.25. The van der Waals surface area contributed by atoms with Gasteiger partial charge in [-0.05, 0) is 38.5 Å². The van der Waals surface area contributed by atoms with E-state index in [1.807, 2.05) is 18.9 Å². The van der Waals surface area contributed by atoms with Gasteiger partial charge >= 0.3 is 0 Å². The predicted octanol–water partition coefficient (Wildman–Crippen LogP) is 1.76. The molecule has 0 saturated heterocycles. The zero-order valence-electron chi connectivity index (χ0n) is 10.2. The lowest BCUT2D eigenvalue weighted by Gasteiger charge is -2.34. The Hall–Kier alpha value is -0.570. The van der Waals surface area contributed by atoms with Gasteiger partial charge < -0.3 is 10.6 Å². The van der Waals surface area contributed by atoms with E-state index in [-0.39, 0.29) is 11.9 Å². The lowest BCUT2D eigenvalue weighted by molar-refractivity contribution is -0.133. The quantitative estimate of drug-likeness (QED) is 0.775. The second-order valence-electron chi connectivity index (χ2n) is 5.10. The Labute approximate surface area is 93.0 Å². The first-order chi connectivity index (χ1) is 7.00. The van der Waals surface area contributed by atoms with Crippen LogP contribution >= 0.6 is 0 Å². The van der Waals surface area contributed by atoms with Crippen LogP contribution in [0, 0.1) is 5.92 Å². The number of carbonyl (C=O) groups excluding carboxylic acids is 1. The van der Waals surface area contributed by atoms with Gasteiger partial charge in [0.25, 0.3) is 0 Å². The normalized spacial score (nSPS) is 28.5. The van der Waals surface area contributed by atoms with Gasteiger partial charge in [0.15, 0.2) is 0 Å². The van der Waals surface area contributed by atoms with Crippen LogP contribution in [0.3, 0.4) is 0 Å². The zero-order chi connectivity index (χ0) is 11.4. The molecular formula is C12H24N2O. The maximum absolute atomic E-state index is 11.8. The topological polar surface area (TPSA) is 46.3 Å². The van der Waals surface area contributed by atoms with Gasteiger partial charge in [-0.1, -0.05) is 6.92 Å².